The number of aromatic nitrogens is 1. The van der Waals surface area contributed by atoms with Crippen molar-refractivity contribution in [3.63, 3.8) is 0 Å². The van der Waals surface area contributed by atoms with Crippen LogP contribution in [0.1, 0.15) is 0 Å². The fourth-order valence-electron chi connectivity index (χ4n) is 0.381. The van der Waals surface area contributed by atoms with E-state index in [1.54, 1.807) is 5.48 Å². The molecule has 1 aromatic heterocycles. The van der Waals surface area contributed by atoms with Crippen LogP contribution in [0, 0.1) is 4.91 Å². The van der Waals surface area contributed by atoms with E-state index >= 15 is 0 Å². The molecule has 0 aromatic carbocycles. The first-order valence-corrected chi connectivity index (χ1v) is 2.05. The molecule has 2 N–H and O–H groups in total. The Morgan fingerprint density at radius 1 is 1.89 bits per heavy atom. The van der Waals surface area contributed by atoms with Gasteiger partial charge in [0, 0.05) is 5.18 Å². The van der Waals surface area contributed by atoms with Gasteiger partial charge in [0.1, 0.15) is 0 Å². The Hall–Kier alpha value is -1.43. The third-order valence-electron chi connectivity index (χ3n) is 0.738. The normalized spacial score (nSPS) is 9.00. The van der Waals surface area contributed by atoms with E-state index in [1.165, 1.54) is 0 Å². The zero-order valence-electron chi connectivity index (χ0n) is 4.24. The molecule has 0 radical (unpaired) electrons. The molecule has 0 aliphatic heterocycles. The molecular formula is C3H3N3O3. The van der Waals surface area contributed by atoms with Crippen LogP contribution in [0.25, 0.3) is 0 Å². The van der Waals surface area contributed by atoms with Crippen LogP contribution < -0.4 is 5.48 Å². The first kappa shape index (κ1) is 5.70. The number of nitroso groups, excluding NO2 is 1. The SMILES string of the molecule is O=Nc1ocnc1NO. The van der Waals surface area contributed by atoms with Gasteiger partial charge in [-0.2, -0.15) is 4.98 Å². The van der Waals surface area contributed by atoms with Gasteiger partial charge in [0.15, 0.2) is 6.39 Å². The highest BCUT2D eigenvalue weighted by molar-refractivity contribution is 5.50. The largest absolute Gasteiger partial charge is 0.422 e. The van der Waals surface area contributed by atoms with Crippen LogP contribution in [0.5, 0.6) is 0 Å². The minimum atomic E-state index is -0.266. The second-order valence-corrected chi connectivity index (χ2v) is 1.21. The topological polar surface area (TPSA) is 87.7 Å². The average Bonchev–Trinajstić information content (AvgIpc) is 2.33. The van der Waals surface area contributed by atoms with Gasteiger partial charge in [-0.05, 0) is 0 Å². The number of rotatable bonds is 2. The van der Waals surface area contributed by atoms with Crippen LogP contribution in [0.15, 0.2) is 16.0 Å². The van der Waals surface area contributed by atoms with Gasteiger partial charge in [0.05, 0.1) is 0 Å². The number of hydrogen-bond acceptors (Lipinski definition) is 6. The molecule has 0 saturated heterocycles. The monoisotopic (exact) mass is 129 g/mol. The van der Waals surface area contributed by atoms with Gasteiger partial charge in [-0.3, -0.25) is 5.21 Å². The predicted molar refractivity (Wildman–Crippen MR) is 27.4 cm³/mol. The average molecular weight is 129 g/mol. The van der Waals surface area contributed by atoms with Crippen molar-refractivity contribution >= 4 is 11.7 Å². The van der Waals surface area contributed by atoms with Crippen molar-refractivity contribution in [2.45, 2.75) is 0 Å². The summed E-state index contributed by atoms with van der Waals surface area (Å²) >= 11 is 0. The van der Waals surface area contributed by atoms with Crippen molar-refractivity contribution in [3.8, 4) is 0 Å². The third kappa shape index (κ3) is 0.868. The molecule has 6 nitrogen and oxygen atoms in total. The highest BCUT2D eigenvalue weighted by Gasteiger charge is 2.04. The number of nitrogens with zero attached hydrogens (tertiary/aromatic N) is 2. The van der Waals surface area contributed by atoms with Crippen LogP contribution in [0.4, 0.5) is 11.7 Å². The zero-order valence-corrected chi connectivity index (χ0v) is 4.24. The summed E-state index contributed by atoms with van der Waals surface area (Å²) in [6.45, 7) is 0. The van der Waals surface area contributed by atoms with Crippen molar-refractivity contribution < 1.29 is 9.62 Å². The Balaban J connectivity index is 2.98. The molecule has 0 aliphatic carbocycles. The van der Waals surface area contributed by atoms with Crippen LogP contribution in [-0.2, 0) is 0 Å². The third-order valence-corrected chi connectivity index (χ3v) is 0.738. The molecule has 0 amide bonds. The van der Waals surface area contributed by atoms with Crippen molar-refractivity contribution in [1.29, 1.82) is 0 Å². The highest BCUT2D eigenvalue weighted by atomic mass is 16.5. The van der Waals surface area contributed by atoms with Crippen molar-refractivity contribution in [1.82, 2.24) is 4.98 Å². The van der Waals surface area contributed by atoms with Gasteiger partial charge in [-0.25, -0.2) is 5.48 Å². The van der Waals surface area contributed by atoms with Crippen molar-refractivity contribution in [3.05, 3.63) is 11.3 Å². The van der Waals surface area contributed by atoms with Gasteiger partial charge in [-0.1, -0.05) is 0 Å². The van der Waals surface area contributed by atoms with E-state index in [4.69, 9.17) is 5.21 Å². The minimum absolute atomic E-state index is 0.0787. The van der Waals surface area contributed by atoms with Crippen molar-refractivity contribution in [2.75, 3.05) is 5.48 Å². The second kappa shape index (κ2) is 2.23. The molecule has 9 heavy (non-hydrogen) atoms. The number of hydrogen-bond donors (Lipinski definition) is 2. The van der Waals surface area contributed by atoms with Crippen LogP contribution in [0.2, 0.25) is 0 Å². The van der Waals surface area contributed by atoms with E-state index in [1.807, 2.05) is 0 Å². The second-order valence-electron chi connectivity index (χ2n) is 1.21. The predicted octanol–water partition coefficient (Wildman–Crippen LogP) is 0.874. The van der Waals surface area contributed by atoms with E-state index in [0.717, 1.165) is 6.39 Å². The lowest BCUT2D eigenvalue weighted by Gasteiger charge is -1.85. The summed E-state index contributed by atoms with van der Waals surface area (Å²) in [5.41, 5.74) is 1.63. The molecule has 1 rings (SSSR count). The Labute approximate surface area is 49.4 Å². The Kier molecular flexibility index (Phi) is 1.41. The minimum Gasteiger partial charge on any atom is -0.422 e. The maximum atomic E-state index is 9.71. The zero-order chi connectivity index (χ0) is 6.69. The van der Waals surface area contributed by atoms with Crippen LogP contribution in [0.3, 0.4) is 0 Å². The summed E-state index contributed by atoms with van der Waals surface area (Å²) in [6.07, 6.45) is 0.995. The lowest BCUT2D eigenvalue weighted by molar-refractivity contribution is 0.386. The summed E-state index contributed by atoms with van der Waals surface area (Å²) in [6, 6.07) is 0. The molecule has 0 saturated carbocycles. The highest BCUT2D eigenvalue weighted by Crippen LogP contribution is 2.20. The number of anilines is 1. The molecule has 6 heteroatoms. The molecule has 0 atom stereocenters. The van der Waals surface area contributed by atoms with Gasteiger partial charge < -0.3 is 4.42 Å². The summed E-state index contributed by atoms with van der Waals surface area (Å²) in [5.74, 6) is -0.345. The van der Waals surface area contributed by atoms with Gasteiger partial charge in [-0.15, -0.1) is 4.91 Å². The van der Waals surface area contributed by atoms with E-state index in [0.29, 0.717) is 0 Å². The molecule has 48 valence electrons. The van der Waals surface area contributed by atoms with Crippen LogP contribution >= 0.6 is 0 Å². The smallest absolute Gasteiger partial charge is 0.307 e. The first-order chi connectivity index (χ1) is 4.38. The molecule has 1 aromatic rings. The summed E-state index contributed by atoms with van der Waals surface area (Å²) in [4.78, 5) is 13.1. The van der Waals surface area contributed by atoms with E-state index in [-0.39, 0.29) is 11.7 Å². The summed E-state index contributed by atoms with van der Waals surface area (Å²) < 4.78 is 4.39. The fraction of sp³-hybridized carbons (Fsp3) is 0. The lowest BCUT2D eigenvalue weighted by Crippen LogP contribution is -1.87. The maximum absolute atomic E-state index is 9.71. The number of nitrogens with one attached hydrogen (secondary N) is 1. The summed E-state index contributed by atoms with van der Waals surface area (Å²) in [5, 5.41) is 10.6. The van der Waals surface area contributed by atoms with Crippen LogP contribution in [-0.4, -0.2) is 10.2 Å². The molecule has 0 aliphatic rings. The quantitative estimate of drug-likeness (QED) is 0.457. The molecular weight excluding hydrogens is 126 g/mol. The fourth-order valence-corrected chi connectivity index (χ4v) is 0.381. The molecule has 0 unspecified atom stereocenters. The van der Waals surface area contributed by atoms with E-state index < -0.39 is 0 Å². The number of oxazole rings is 1. The molecule has 0 spiro atoms. The standard InChI is InChI=1S/C3H3N3O3/c7-5-2-3(6-8)9-1-4-2/h1,5,7H. The lowest BCUT2D eigenvalue weighted by atomic mass is 10.7. The Morgan fingerprint density at radius 2 is 2.67 bits per heavy atom. The van der Waals surface area contributed by atoms with Gasteiger partial charge in [0.25, 0.3) is 0 Å². The van der Waals surface area contributed by atoms with Crippen molar-refractivity contribution in [2.24, 2.45) is 5.18 Å². The van der Waals surface area contributed by atoms with Gasteiger partial charge >= 0.3 is 5.88 Å². The maximum Gasteiger partial charge on any atom is 0.307 e. The molecule has 0 bridgehead atoms. The molecule has 1 heterocycles. The Bertz CT molecular complexity index is 208. The molecule has 0 fully saturated rings. The van der Waals surface area contributed by atoms with E-state index in [2.05, 4.69) is 14.6 Å². The Morgan fingerprint density at radius 3 is 3.11 bits per heavy atom. The van der Waals surface area contributed by atoms with Gasteiger partial charge in [0.2, 0.25) is 5.82 Å². The van der Waals surface area contributed by atoms with E-state index in [9.17, 15) is 4.91 Å². The summed E-state index contributed by atoms with van der Waals surface area (Å²) in [7, 11) is 0. The first-order valence-electron chi connectivity index (χ1n) is 2.05.